The molecule has 0 unspecified atom stereocenters. The van der Waals surface area contributed by atoms with Gasteiger partial charge < -0.3 is 4.98 Å². The molecule has 0 atom stereocenters. The van der Waals surface area contributed by atoms with Gasteiger partial charge in [-0.1, -0.05) is 6.07 Å². The highest BCUT2D eigenvalue weighted by atomic mass is 127. The second-order valence-corrected chi connectivity index (χ2v) is 5.93. The molecule has 1 heterocycles. The van der Waals surface area contributed by atoms with Gasteiger partial charge in [0, 0.05) is 11.5 Å². The molecule has 0 amide bonds. The van der Waals surface area contributed by atoms with Crippen LogP contribution in [0.4, 0.5) is 4.39 Å². The van der Waals surface area contributed by atoms with Crippen LogP contribution in [0.3, 0.4) is 0 Å². The minimum absolute atomic E-state index is 0.142. The first kappa shape index (κ1) is 12.8. The second-order valence-electron chi connectivity index (χ2n) is 4.85. The number of aromatic amines is 1. The lowest BCUT2D eigenvalue weighted by atomic mass is 10.1. The highest BCUT2D eigenvalue weighted by Crippen LogP contribution is 2.40. The van der Waals surface area contributed by atoms with Gasteiger partial charge in [0.2, 0.25) is 0 Å². The maximum Gasteiger partial charge on any atom is 0.264 e. The Bertz CT molecular complexity index is 707. The van der Waals surface area contributed by atoms with Crippen molar-refractivity contribution in [3.05, 3.63) is 49.2 Å². The highest BCUT2D eigenvalue weighted by molar-refractivity contribution is 14.1. The maximum absolute atomic E-state index is 13.4. The highest BCUT2D eigenvalue weighted by Gasteiger charge is 2.29. The summed E-state index contributed by atoms with van der Waals surface area (Å²) < 4.78 is 14.0. The van der Waals surface area contributed by atoms with E-state index in [9.17, 15) is 9.18 Å². The molecule has 1 fully saturated rings. The monoisotopic (exact) mass is 370 g/mol. The number of aryl methyl sites for hydroxylation is 1. The predicted octanol–water partition coefficient (Wildman–Crippen LogP) is 3.37. The number of aromatic nitrogens is 2. The van der Waals surface area contributed by atoms with E-state index in [0.717, 1.165) is 24.1 Å². The van der Waals surface area contributed by atoms with Gasteiger partial charge in [-0.25, -0.2) is 9.37 Å². The Hall–Kier alpha value is -1.24. The van der Waals surface area contributed by atoms with Gasteiger partial charge in [0.15, 0.2) is 0 Å². The van der Waals surface area contributed by atoms with E-state index in [2.05, 4.69) is 9.97 Å². The molecule has 1 aromatic heterocycles. The lowest BCUT2D eigenvalue weighted by Crippen LogP contribution is -2.16. The third kappa shape index (κ3) is 2.43. The van der Waals surface area contributed by atoms with Crippen molar-refractivity contribution in [3.8, 4) is 11.4 Å². The van der Waals surface area contributed by atoms with Gasteiger partial charge in [-0.2, -0.15) is 0 Å². The fourth-order valence-electron chi connectivity index (χ4n) is 2.08. The number of benzene rings is 1. The molecule has 0 bridgehead atoms. The first-order valence-electron chi connectivity index (χ1n) is 6.12. The fraction of sp³-hybridized carbons (Fsp3) is 0.286. The van der Waals surface area contributed by atoms with Crippen LogP contribution in [-0.2, 0) is 0 Å². The molecule has 1 saturated carbocycles. The normalized spacial score (nSPS) is 14.7. The van der Waals surface area contributed by atoms with Crippen molar-refractivity contribution in [2.24, 2.45) is 0 Å². The lowest BCUT2D eigenvalue weighted by Gasteiger charge is -2.08. The van der Waals surface area contributed by atoms with Crippen molar-refractivity contribution < 1.29 is 4.39 Å². The zero-order chi connectivity index (χ0) is 13.6. The van der Waals surface area contributed by atoms with Gasteiger partial charge in [-0.05, 0) is 60.1 Å². The molecule has 0 saturated heterocycles. The van der Waals surface area contributed by atoms with Gasteiger partial charge in [-0.15, -0.1) is 0 Å². The van der Waals surface area contributed by atoms with Crippen LogP contribution >= 0.6 is 22.6 Å². The van der Waals surface area contributed by atoms with Gasteiger partial charge in [0.1, 0.15) is 11.6 Å². The maximum atomic E-state index is 13.4. The topological polar surface area (TPSA) is 45.8 Å². The Balaban J connectivity index is 2.20. The average Bonchev–Trinajstić information content (AvgIpc) is 3.20. The molecule has 0 radical (unpaired) electrons. The fourth-order valence-corrected chi connectivity index (χ4v) is 2.78. The minimum Gasteiger partial charge on any atom is -0.306 e. The Morgan fingerprint density at radius 2 is 2.16 bits per heavy atom. The van der Waals surface area contributed by atoms with Crippen LogP contribution in [0.1, 0.15) is 30.0 Å². The van der Waals surface area contributed by atoms with Crippen LogP contribution in [0.15, 0.2) is 23.0 Å². The number of hydrogen-bond donors (Lipinski definition) is 1. The number of hydrogen-bond acceptors (Lipinski definition) is 2. The molecule has 1 aliphatic carbocycles. The lowest BCUT2D eigenvalue weighted by molar-refractivity contribution is 0.627. The van der Waals surface area contributed by atoms with E-state index in [1.165, 1.54) is 12.1 Å². The number of rotatable bonds is 2. The number of halogens is 2. The van der Waals surface area contributed by atoms with E-state index >= 15 is 0 Å². The first-order chi connectivity index (χ1) is 9.06. The largest absolute Gasteiger partial charge is 0.306 e. The van der Waals surface area contributed by atoms with E-state index in [4.69, 9.17) is 0 Å². The van der Waals surface area contributed by atoms with Crippen LogP contribution in [-0.4, -0.2) is 9.97 Å². The van der Waals surface area contributed by atoms with E-state index in [-0.39, 0.29) is 11.4 Å². The van der Waals surface area contributed by atoms with Gasteiger partial charge in [0.05, 0.1) is 9.26 Å². The molecule has 3 rings (SSSR count). The summed E-state index contributed by atoms with van der Waals surface area (Å²) in [7, 11) is 0. The Kier molecular flexibility index (Phi) is 3.16. The molecular weight excluding hydrogens is 358 g/mol. The van der Waals surface area contributed by atoms with E-state index in [0.29, 0.717) is 20.9 Å². The van der Waals surface area contributed by atoms with Crippen molar-refractivity contribution >= 4 is 22.6 Å². The van der Waals surface area contributed by atoms with Crippen LogP contribution < -0.4 is 5.56 Å². The number of nitrogens with one attached hydrogen (secondary N) is 1. The number of H-pyrrole nitrogens is 1. The predicted molar refractivity (Wildman–Crippen MR) is 79.7 cm³/mol. The SMILES string of the molecule is Cc1ccc(F)cc1-c1nc(C2CC2)c(I)c(=O)[nH]1. The summed E-state index contributed by atoms with van der Waals surface area (Å²) in [5.41, 5.74) is 2.25. The Morgan fingerprint density at radius 1 is 1.42 bits per heavy atom. The third-order valence-electron chi connectivity index (χ3n) is 3.31. The third-order valence-corrected chi connectivity index (χ3v) is 4.35. The van der Waals surface area contributed by atoms with E-state index in [1.54, 1.807) is 6.07 Å². The molecule has 3 nitrogen and oxygen atoms in total. The van der Waals surface area contributed by atoms with Crippen LogP contribution in [0.2, 0.25) is 0 Å². The van der Waals surface area contributed by atoms with E-state index < -0.39 is 0 Å². The first-order valence-corrected chi connectivity index (χ1v) is 7.20. The molecule has 0 aliphatic heterocycles. The summed E-state index contributed by atoms with van der Waals surface area (Å²) in [5, 5.41) is 0. The van der Waals surface area contributed by atoms with Crippen molar-refractivity contribution in [1.82, 2.24) is 9.97 Å². The number of nitrogens with zero attached hydrogens (tertiary/aromatic N) is 1. The summed E-state index contributed by atoms with van der Waals surface area (Å²) in [5.74, 6) is 0.529. The minimum atomic E-state index is -0.324. The average molecular weight is 370 g/mol. The smallest absolute Gasteiger partial charge is 0.264 e. The van der Waals surface area contributed by atoms with Crippen LogP contribution in [0, 0.1) is 16.3 Å². The summed E-state index contributed by atoms with van der Waals surface area (Å²) in [4.78, 5) is 19.2. The molecular formula is C14H12FIN2O. The van der Waals surface area contributed by atoms with Gasteiger partial charge in [-0.3, -0.25) is 4.79 Å². The zero-order valence-electron chi connectivity index (χ0n) is 10.3. The van der Waals surface area contributed by atoms with Crippen molar-refractivity contribution in [3.63, 3.8) is 0 Å². The van der Waals surface area contributed by atoms with Crippen molar-refractivity contribution in [2.75, 3.05) is 0 Å². The molecule has 2 aromatic rings. The van der Waals surface area contributed by atoms with Gasteiger partial charge >= 0.3 is 0 Å². The van der Waals surface area contributed by atoms with Crippen LogP contribution in [0.25, 0.3) is 11.4 Å². The summed E-state index contributed by atoms with van der Waals surface area (Å²) in [6.45, 7) is 1.88. The summed E-state index contributed by atoms with van der Waals surface area (Å²) in [6, 6.07) is 4.52. The Labute approximate surface area is 123 Å². The second kappa shape index (κ2) is 4.70. The molecule has 0 spiro atoms. The molecule has 19 heavy (non-hydrogen) atoms. The quantitative estimate of drug-likeness (QED) is 0.825. The molecule has 1 aliphatic rings. The molecule has 98 valence electrons. The van der Waals surface area contributed by atoms with Crippen molar-refractivity contribution in [2.45, 2.75) is 25.7 Å². The summed E-state index contributed by atoms with van der Waals surface area (Å²) >= 11 is 2.03. The molecule has 5 heteroatoms. The molecule has 1 N–H and O–H groups in total. The van der Waals surface area contributed by atoms with Crippen molar-refractivity contribution in [1.29, 1.82) is 0 Å². The zero-order valence-corrected chi connectivity index (χ0v) is 12.5. The molecule has 1 aromatic carbocycles. The van der Waals surface area contributed by atoms with Crippen LogP contribution in [0.5, 0.6) is 0 Å². The van der Waals surface area contributed by atoms with Gasteiger partial charge in [0.25, 0.3) is 5.56 Å². The van der Waals surface area contributed by atoms with E-state index in [1.807, 2.05) is 29.5 Å². The summed E-state index contributed by atoms with van der Waals surface area (Å²) in [6.07, 6.45) is 2.15. The standard InChI is InChI=1S/C14H12FIN2O/c1-7-2-5-9(15)6-10(7)13-17-12(8-3-4-8)11(16)14(19)18-13/h2,5-6,8H,3-4H2,1H3,(H,17,18,19). The Morgan fingerprint density at radius 3 is 2.84 bits per heavy atom.